The third-order valence-corrected chi connectivity index (χ3v) is 3.32. The number of carbonyl (C=O) groups excluding carboxylic acids is 1. The molecule has 1 aromatic carbocycles. The van der Waals surface area contributed by atoms with Crippen LogP contribution in [0.2, 0.25) is 5.15 Å². The molecule has 0 aliphatic rings. The fourth-order valence-electron chi connectivity index (χ4n) is 1.91. The Kier molecular flexibility index (Phi) is 4.93. The van der Waals surface area contributed by atoms with Crippen molar-refractivity contribution in [3.8, 4) is 0 Å². The summed E-state index contributed by atoms with van der Waals surface area (Å²) in [6.45, 7) is 3.60. The number of amides is 1. The second-order valence-electron chi connectivity index (χ2n) is 4.44. The Morgan fingerprint density at radius 3 is 2.90 bits per heavy atom. The van der Waals surface area contributed by atoms with Crippen molar-refractivity contribution in [2.24, 2.45) is 0 Å². The van der Waals surface area contributed by atoms with Crippen LogP contribution in [-0.4, -0.2) is 42.6 Å². The SMILES string of the molecule is CCOCCN(C)C(=O)c1cc2ccccc2c(Cl)n1. The summed E-state index contributed by atoms with van der Waals surface area (Å²) in [5.74, 6) is -0.155. The van der Waals surface area contributed by atoms with Gasteiger partial charge in [-0.15, -0.1) is 0 Å². The average molecular weight is 293 g/mol. The maximum absolute atomic E-state index is 12.3. The third-order valence-electron chi connectivity index (χ3n) is 3.03. The van der Waals surface area contributed by atoms with E-state index in [4.69, 9.17) is 16.3 Å². The van der Waals surface area contributed by atoms with Crippen LogP contribution in [-0.2, 0) is 4.74 Å². The molecule has 0 saturated heterocycles. The lowest BCUT2D eigenvalue weighted by atomic mass is 10.1. The lowest BCUT2D eigenvalue weighted by Crippen LogP contribution is -2.30. The Labute approximate surface area is 123 Å². The Balaban J connectivity index is 2.22. The molecular weight excluding hydrogens is 276 g/mol. The van der Waals surface area contributed by atoms with E-state index >= 15 is 0 Å². The van der Waals surface area contributed by atoms with Crippen molar-refractivity contribution in [3.05, 3.63) is 41.2 Å². The first kappa shape index (κ1) is 14.8. The van der Waals surface area contributed by atoms with Gasteiger partial charge < -0.3 is 9.64 Å². The molecule has 0 atom stereocenters. The van der Waals surface area contributed by atoms with Crippen molar-refractivity contribution >= 4 is 28.3 Å². The minimum Gasteiger partial charge on any atom is -0.380 e. The summed E-state index contributed by atoms with van der Waals surface area (Å²) in [5, 5.41) is 2.11. The molecule has 5 heteroatoms. The summed E-state index contributed by atoms with van der Waals surface area (Å²) in [6.07, 6.45) is 0. The molecule has 0 saturated carbocycles. The van der Waals surface area contributed by atoms with Crippen molar-refractivity contribution in [2.45, 2.75) is 6.92 Å². The predicted octanol–water partition coefficient (Wildman–Crippen LogP) is 3.00. The molecule has 1 heterocycles. The Bertz CT molecular complexity index is 616. The number of ether oxygens (including phenoxy) is 1. The predicted molar refractivity (Wildman–Crippen MR) is 80.2 cm³/mol. The molecule has 0 unspecified atom stereocenters. The van der Waals surface area contributed by atoms with Gasteiger partial charge in [-0.2, -0.15) is 0 Å². The number of carbonyl (C=O) groups is 1. The van der Waals surface area contributed by atoms with Gasteiger partial charge in [0, 0.05) is 25.6 Å². The minimum absolute atomic E-state index is 0.155. The lowest BCUT2D eigenvalue weighted by Gasteiger charge is -2.17. The number of halogens is 1. The summed E-state index contributed by atoms with van der Waals surface area (Å²) in [5.41, 5.74) is 0.354. The van der Waals surface area contributed by atoms with Gasteiger partial charge >= 0.3 is 0 Å². The zero-order valence-electron chi connectivity index (χ0n) is 11.6. The molecule has 4 nitrogen and oxygen atoms in total. The van der Waals surface area contributed by atoms with E-state index in [0.29, 0.717) is 30.6 Å². The molecule has 0 spiro atoms. The van der Waals surface area contributed by atoms with Crippen LogP contribution in [0.25, 0.3) is 10.8 Å². The fraction of sp³-hybridized carbons (Fsp3) is 0.333. The van der Waals surface area contributed by atoms with Crippen LogP contribution in [0, 0.1) is 0 Å². The number of hydrogen-bond acceptors (Lipinski definition) is 3. The molecule has 106 valence electrons. The summed E-state index contributed by atoms with van der Waals surface area (Å²) in [4.78, 5) is 18.1. The quantitative estimate of drug-likeness (QED) is 0.628. The van der Waals surface area contributed by atoms with Crippen molar-refractivity contribution in [1.29, 1.82) is 0 Å². The molecule has 0 bridgehead atoms. The zero-order chi connectivity index (χ0) is 14.5. The van der Waals surface area contributed by atoms with Gasteiger partial charge in [0.1, 0.15) is 10.8 Å². The van der Waals surface area contributed by atoms with Gasteiger partial charge in [-0.3, -0.25) is 4.79 Å². The van der Waals surface area contributed by atoms with Crippen LogP contribution >= 0.6 is 11.6 Å². The van der Waals surface area contributed by atoms with Gasteiger partial charge in [0.2, 0.25) is 0 Å². The highest BCUT2D eigenvalue weighted by atomic mass is 35.5. The molecule has 0 N–H and O–H groups in total. The van der Waals surface area contributed by atoms with E-state index in [-0.39, 0.29) is 5.91 Å². The van der Waals surface area contributed by atoms with Crippen molar-refractivity contribution in [2.75, 3.05) is 26.8 Å². The van der Waals surface area contributed by atoms with Crippen molar-refractivity contribution in [3.63, 3.8) is 0 Å². The van der Waals surface area contributed by atoms with E-state index in [1.807, 2.05) is 31.2 Å². The number of pyridine rings is 1. The second-order valence-corrected chi connectivity index (χ2v) is 4.80. The summed E-state index contributed by atoms with van der Waals surface area (Å²) in [6, 6.07) is 9.37. The maximum Gasteiger partial charge on any atom is 0.272 e. The number of nitrogens with zero attached hydrogens (tertiary/aromatic N) is 2. The molecule has 0 fully saturated rings. The third kappa shape index (κ3) is 3.26. The largest absolute Gasteiger partial charge is 0.380 e. The Hall–Kier alpha value is -1.65. The van der Waals surface area contributed by atoms with E-state index in [1.165, 1.54) is 0 Å². The van der Waals surface area contributed by atoms with E-state index < -0.39 is 0 Å². The van der Waals surface area contributed by atoms with E-state index in [1.54, 1.807) is 18.0 Å². The zero-order valence-corrected chi connectivity index (χ0v) is 12.4. The first-order valence-corrected chi connectivity index (χ1v) is 6.89. The number of rotatable bonds is 5. The van der Waals surface area contributed by atoms with Crippen molar-refractivity contribution < 1.29 is 9.53 Å². The van der Waals surface area contributed by atoms with Crippen LogP contribution in [0.3, 0.4) is 0 Å². The van der Waals surface area contributed by atoms with Crippen LogP contribution in [0.5, 0.6) is 0 Å². The summed E-state index contributed by atoms with van der Waals surface area (Å²) in [7, 11) is 1.73. The molecule has 0 aliphatic heterocycles. The Morgan fingerprint density at radius 2 is 2.15 bits per heavy atom. The molecule has 0 aliphatic carbocycles. The standard InChI is InChI=1S/C15H17ClN2O2/c1-3-20-9-8-18(2)15(19)13-10-11-6-4-5-7-12(11)14(16)17-13/h4-7,10H,3,8-9H2,1-2H3. The van der Waals surface area contributed by atoms with Crippen LogP contribution in [0.15, 0.2) is 30.3 Å². The first-order chi connectivity index (χ1) is 9.63. The average Bonchev–Trinajstić information content (AvgIpc) is 2.46. The number of likely N-dealkylation sites (N-methyl/N-ethyl adjacent to an activating group) is 1. The summed E-state index contributed by atoms with van der Waals surface area (Å²) < 4.78 is 5.24. The summed E-state index contributed by atoms with van der Waals surface area (Å²) >= 11 is 6.13. The topological polar surface area (TPSA) is 42.4 Å². The maximum atomic E-state index is 12.3. The first-order valence-electron chi connectivity index (χ1n) is 6.52. The van der Waals surface area contributed by atoms with Gasteiger partial charge in [0.15, 0.2) is 0 Å². The van der Waals surface area contributed by atoms with E-state index in [9.17, 15) is 4.79 Å². The molecule has 20 heavy (non-hydrogen) atoms. The highest BCUT2D eigenvalue weighted by molar-refractivity contribution is 6.34. The molecule has 2 rings (SSSR count). The lowest BCUT2D eigenvalue weighted by molar-refractivity contribution is 0.0705. The fourth-order valence-corrected chi connectivity index (χ4v) is 2.17. The van der Waals surface area contributed by atoms with Gasteiger partial charge in [-0.25, -0.2) is 4.98 Å². The molecule has 2 aromatic rings. The van der Waals surface area contributed by atoms with Crippen molar-refractivity contribution in [1.82, 2.24) is 9.88 Å². The number of fused-ring (bicyclic) bond motifs is 1. The van der Waals surface area contributed by atoms with Gasteiger partial charge in [0.25, 0.3) is 5.91 Å². The Morgan fingerprint density at radius 1 is 1.40 bits per heavy atom. The van der Waals surface area contributed by atoms with Crippen LogP contribution in [0.1, 0.15) is 17.4 Å². The van der Waals surface area contributed by atoms with E-state index in [2.05, 4.69) is 4.98 Å². The van der Waals surface area contributed by atoms with Gasteiger partial charge in [0.05, 0.1) is 6.61 Å². The molecule has 1 amide bonds. The number of hydrogen-bond donors (Lipinski definition) is 0. The van der Waals surface area contributed by atoms with Crippen LogP contribution in [0.4, 0.5) is 0 Å². The highest BCUT2D eigenvalue weighted by Crippen LogP contribution is 2.22. The molecule has 0 radical (unpaired) electrons. The smallest absolute Gasteiger partial charge is 0.272 e. The number of benzene rings is 1. The highest BCUT2D eigenvalue weighted by Gasteiger charge is 2.15. The normalized spacial score (nSPS) is 10.8. The second kappa shape index (κ2) is 6.68. The monoisotopic (exact) mass is 292 g/mol. The van der Waals surface area contributed by atoms with Gasteiger partial charge in [-0.1, -0.05) is 35.9 Å². The van der Waals surface area contributed by atoms with E-state index in [0.717, 1.165) is 10.8 Å². The minimum atomic E-state index is -0.155. The molecular formula is C15H17ClN2O2. The van der Waals surface area contributed by atoms with Gasteiger partial charge in [-0.05, 0) is 18.4 Å². The van der Waals surface area contributed by atoms with Crippen LogP contribution < -0.4 is 0 Å². The number of aromatic nitrogens is 1. The molecule has 1 aromatic heterocycles.